The maximum atomic E-state index is 12.1. The van der Waals surface area contributed by atoms with Gasteiger partial charge in [-0.15, -0.1) is 0 Å². The zero-order valence-corrected chi connectivity index (χ0v) is 13.0. The number of aliphatic hydroxyl groups is 1. The minimum Gasteiger partial charge on any atom is -0.391 e. The molecule has 116 valence electrons. The smallest absolute Gasteiger partial charge is 0.321 e. The van der Waals surface area contributed by atoms with Crippen LogP contribution in [0.25, 0.3) is 0 Å². The first-order valence-corrected chi connectivity index (χ1v) is 7.39. The van der Waals surface area contributed by atoms with E-state index in [1.165, 1.54) is 0 Å². The van der Waals surface area contributed by atoms with Crippen molar-refractivity contribution in [1.82, 2.24) is 9.80 Å². The van der Waals surface area contributed by atoms with Gasteiger partial charge in [-0.1, -0.05) is 12.1 Å². The number of hydrogen-bond acceptors (Lipinski definition) is 3. The molecule has 2 N–H and O–H groups in total. The zero-order chi connectivity index (χ0) is 15.4. The lowest BCUT2D eigenvalue weighted by molar-refractivity contribution is 0.117. The number of rotatable bonds is 6. The number of amides is 2. The summed E-state index contributed by atoms with van der Waals surface area (Å²) in [6.45, 7) is 1.22. The third kappa shape index (κ3) is 5.02. The SMILES string of the molecule is CN(C)Cc1cccc(NC(=O)N(C)CC(O)C2CC2)c1. The van der Waals surface area contributed by atoms with Crippen LogP contribution in [0.1, 0.15) is 18.4 Å². The van der Waals surface area contributed by atoms with Crippen molar-refractivity contribution in [2.24, 2.45) is 5.92 Å². The van der Waals surface area contributed by atoms with Crippen molar-refractivity contribution in [2.75, 3.05) is 33.0 Å². The highest BCUT2D eigenvalue weighted by Crippen LogP contribution is 2.32. The summed E-state index contributed by atoms with van der Waals surface area (Å²) in [7, 11) is 5.74. The van der Waals surface area contributed by atoms with E-state index in [0.29, 0.717) is 12.5 Å². The summed E-state index contributed by atoms with van der Waals surface area (Å²) in [6.07, 6.45) is 1.74. The van der Waals surface area contributed by atoms with E-state index in [9.17, 15) is 9.90 Å². The summed E-state index contributed by atoms with van der Waals surface area (Å²) in [5, 5.41) is 12.8. The first kappa shape index (κ1) is 15.8. The molecule has 2 amide bonds. The van der Waals surface area contributed by atoms with Crippen LogP contribution in [0.4, 0.5) is 10.5 Å². The lowest BCUT2D eigenvalue weighted by atomic mass is 10.2. The number of aliphatic hydroxyl groups excluding tert-OH is 1. The van der Waals surface area contributed by atoms with Gasteiger partial charge in [0.1, 0.15) is 0 Å². The van der Waals surface area contributed by atoms with Gasteiger partial charge in [0, 0.05) is 25.8 Å². The number of anilines is 1. The van der Waals surface area contributed by atoms with E-state index >= 15 is 0 Å². The quantitative estimate of drug-likeness (QED) is 0.842. The van der Waals surface area contributed by atoms with Gasteiger partial charge in [-0.25, -0.2) is 4.79 Å². The Morgan fingerprint density at radius 1 is 1.38 bits per heavy atom. The van der Waals surface area contributed by atoms with E-state index in [0.717, 1.165) is 30.6 Å². The Morgan fingerprint density at radius 2 is 2.10 bits per heavy atom. The highest BCUT2D eigenvalue weighted by atomic mass is 16.3. The van der Waals surface area contributed by atoms with Gasteiger partial charge in [0.2, 0.25) is 0 Å². The van der Waals surface area contributed by atoms with Crippen molar-refractivity contribution in [1.29, 1.82) is 0 Å². The van der Waals surface area contributed by atoms with Crippen LogP contribution in [0.15, 0.2) is 24.3 Å². The fourth-order valence-corrected chi connectivity index (χ4v) is 2.33. The van der Waals surface area contributed by atoms with Crippen LogP contribution in [0.5, 0.6) is 0 Å². The fourth-order valence-electron chi connectivity index (χ4n) is 2.33. The molecule has 1 atom stereocenters. The molecule has 0 saturated heterocycles. The zero-order valence-electron chi connectivity index (χ0n) is 13.0. The van der Waals surface area contributed by atoms with E-state index in [-0.39, 0.29) is 6.03 Å². The van der Waals surface area contributed by atoms with Crippen molar-refractivity contribution in [3.63, 3.8) is 0 Å². The largest absolute Gasteiger partial charge is 0.391 e. The van der Waals surface area contributed by atoms with Crippen molar-refractivity contribution in [3.05, 3.63) is 29.8 Å². The molecule has 0 radical (unpaired) electrons. The molecule has 2 rings (SSSR count). The van der Waals surface area contributed by atoms with E-state index in [1.807, 2.05) is 38.4 Å². The van der Waals surface area contributed by atoms with Crippen LogP contribution in [0.3, 0.4) is 0 Å². The average molecular weight is 291 g/mol. The van der Waals surface area contributed by atoms with Crippen LogP contribution in [-0.4, -0.2) is 54.7 Å². The number of carbonyl (C=O) groups is 1. The molecule has 0 aromatic heterocycles. The summed E-state index contributed by atoms with van der Waals surface area (Å²) >= 11 is 0. The molecule has 1 fully saturated rings. The molecule has 1 aliphatic rings. The first-order chi connectivity index (χ1) is 9.95. The predicted octanol–water partition coefficient (Wildman–Crippen LogP) is 1.98. The third-order valence-electron chi connectivity index (χ3n) is 3.65. The number of hydrogen-bond donors (Lipinski definition) is 2. The summed E-state index contributed by atoms with van der Waals surface area (Å²) in [4.78, 5) is 15.7. The highest BCUT2D eigenvalue weighted by Gasteiger charge is 2.31. The number of carbonyl (C=O) groups excluding carboxylic acids is 1. The monoisotopic (exact) mass is 291 g/mol. The van der Waals surface area contributed by atoms with Crippen LogP contribution in [0, 0.1) is 5.92 Å². The van der Waals surface area contributed by atoms with Gasteiger partial charge in [-0.05, 0) is 50.6 Å². The standard InChI is InChI=1S/C16H25N3O2/c1-18(2)10-12-5-4-6-14(9-12)17-16(21)19(3)11-15(20)13-7-8-13/h4-6,9,13,15,20H,7-8,10-11H2,1-3H3,(H,17,21). The molecule has 1 aliphatic carbocycles. The Kier molecular flexibility index (Phi) is 5.20. The summed E-state index contributed by atoms with van der Waals surface area (Å²) in [5.74, 6) is 0.378. The molecule has 0 spiro atoms. The Labute approximate surface area is 126 Å². The average Bonchev–Trinajstić information content (AvgIpc) is 3.22. The van der Waals surface area contributed by atoms with Crippen LogP contribution >= 0.6 is 0 Å². The molecule has 5 heteroatoms. The Bertz CT molecular complexity index is 486. The topological polar surface area (TPSA) is 55.8 Å². The van der Waals surface area contributed by atoms with Gasteiger partial charge in [0.05, 0.1) is 6.10 Å². The molecule has 1 unspecified atom stereocenters. The van der Waals surface area contributed by atoms with E-state index < -0.39 is 6.10 Å². The number of likely N-dealkylation sites (N-methyl/N-ethyl adjacent to an activating group) is 1. The molecule has 21 heavy (non-hydrogen) atoms. The first-order valence-electron chi connectivity index (χ1n) is 7.39. The number of nitrogens with zero attached hydrogens (tertiary/aromatic N) is 2. The molecular formula is C16H25N3O2. The van der Waals surface area contributed by atoms with Crippen molar-refractivity contribution >= 4 is 11.7 Å². The molecule has 1 saturated carbocycles. The minimum absolute atomic E-state index is 0.184. The predicted molar refractivity (Wildman–Crippen MR) is 84.2 cm³/mol. The Morgan fingerprint density at radius 3 is 2.71 bits per heavy atom. The number of benzene rings is 1. The van der Waals surface area contributed by atoms with Crippen molar-refractivity contribution < 1.29 is 9.90 Å². The lowest BCUT2D eigenvalue weighted by Crippen LogP contribution is -2.38. The molecule has 5 nitrogen and oxygen atoms in total. The summed E-state index contributed by atoms with van der Waals surface area (Å²) in [6, 6.07) is 7.64. The summed E-state index contributed by atoms with van der Waals surface area (Å²) in [5.41, 5.74) is 1.94. The third-order valence-corrected chi connectivity index (χ3v) is 3.65. The normalized spacial score (nSPS) is 15.9. The minimum atomic E-state index is -0.402. The van der Waals surface area contributed by atoms with Gasteiger partial charge >= 0.3 is 6.03 Å². The fraction of sp³-hybridized carbons (Fsp3) is 0.562. The van der Waals surface area contributed by atoms with Crippen LogP contribution in [0.2, 0.25) is 0 Å². The Balaban J connectivity index is 1.88. The van der Waals surface area contributed by atoms with E-state index in [4.69, 9.17) is 0 Å². The number of nitrogens with one attached hydrogen (secondary N) is 1. The Hall–Kier alpha value is -1.59. The van der Waals surface area contributed by atoms with E-state index in [2.05, 4.69) is 10.2 Å². The molecule has 1 aromatic rings. The van der Waals surface area contributed by atoms with Gasteiger partial charge in [0.25, 0.3) is 0 Å². The molecule has 0 heterocycles. The van der Waals surface area contributed by atoms with Gasteiger partial charge in [-0.2, -0.15) is 0 Å². The maximum Gasteiger partial charge on any atom is 0.321 e. The number of urea groups is 1. The van der Waals surface area contributed by atoms with Crippen molar-refractivity contribution in [3.8, 4) is 0 Å². The lowest BCUT2D eigenvalue weighted by Gasteiger charge is -2.21. The second kappa shape index (κ2) is 6.91. The van der Waals surface area contributed by atoms with Gasteiger partial charge < -0.3 is 20.2 Å². The van der Waals surface area contributed by atoms with Gasteiger partial charge in [0.15, 0.2) is 0 Å². The van der Waals surface area contributed by atoms with Crippen molar-refractivity contribution in [2.45, 2.75) is 25.5 Å². The molecule has 0 aliphatic heterocycles. The summed E-state index contributed by atoms with van der Waals surface area (Å²) < 4.78 is 0. The van der Waals surface area contributed by atoms with Crippen LogP contribution < -0.4 is 5.32 Å². The molecular weight excluding hydrogens is 266 g/mol. The van der Waals surface area contributed by atoms with E-state index in [1.54, 1.807) is 11.9 Å². The second-order valence-electron chi connectivity index (χ2n) is 6.15. The molecule has 0 bridgehead atoms. The maximum absolute atomic E-state index is 12.1. The van der Waals surface area contributed by atoms with Crippen LogP contribution in [-0.2, 0) is 6.54 Å². The molecule has 1 aromatic carbocycles. The second-order valence-corrected chi connectivity index (χ2v) is 6.15. The highest BCUT2D eigenvalue weighted by molar-refractivity contribution is 5.89. The van der Waals surface area contributed by atoms with Gasteiger partial charge in [-0.3, -0.25) is 0 Å².